The number of hydrogen-bond acceptors (Lipinski definition) is 2. The van der Waals surface area contributed by atoms with Gasteiger partial charge in [-0.3, -0.25) is 0 Å². The van der Waals surface area contributed by atoms with Crippen LogP contribution in [0.4, 0.5) is 4.79 Å². The Hall–Kier alpha value is -2.29. The highest BCUT2D eigenvalue weighted by Crippen LogP contribution is 2.51. The van der Waals surface area contributed by atoms with Gasteiger partial charge in [0.2, 0.25) is 0 Å². The summed E-state index contributed by atoms with van der Waals surface area (Å²) in [4.78, 5) is 14.2. The molecule has 1 heterocycles. The zero-order valence-corrected chi connectivity index (χ0v) is 13.1. The van der Waals surface area contributed by atoms with E-state index < -0.39 is 0 Å². The van der Waals surface area contributed by atoms with Crippen molar-refractivity contribution < 1.29 is 9.53 Å². The van der Waals surface area contributed by atoms with Crippen LogP contribution in [0.1, 0.15) is 23.5 Å². The molecule has 0 bridgehead atoms. The second-order valence-corrected chi connectivity index (χ2v) is 6.62. The number of carbonyl (C=O) groups excluding carboxylic acids is 1. The maximum Gasteiger partial charge on any atom is 0.410 e. The minimum atomic E-state index is -0.171. The molecule has 118 valence electrons. The summed E-state index contributed by atoms with van der Waals surface area (Å²) >= 11 is 0. The van der Waals surface area contributed by atoms with E-state index in [-0.39, 0.29) is 6.09 Å². The van der Waals surface area contributed by atoms with Gasteiger partial charge in [0, 0.05) is 13.1 Å². The zero-order valence-electron chi connectivity index (χ0n) is 13.1. The van der Waals surface area contributed by atoms with Crippen LogP contribution in [0.25, 0.3) is 0 Å². The Bertz CT molecular complexity index is 671. The normalized spacial score (nSPS) is 25.6. The second kappa shape index (κ2) is 6.07. The van der Waals surface area contributed by atoms with E-state index in [0.29, 0.717) is 24.4 Å². The van der Waals surface area contributed by atoms with Gasteiger partial charge in [-0.05, 0) is 35.3 Å². The minimum Gasteiger partial charge on any atom is -0.445 e. The predicted molar refractivity (Wildman–Crippen MR) is 89.0 cm³/mol. The Morgan fingerprint density at radius 2 is 1.70 bits per heavy atom. The molecule has 3 nitrogen and oxygen atoms in total. The molecular weight excluding hydrogens is 286 g/mol. The van der Waals surface area contributed by atoms with Crippen molar-refractivity contribution in [3.63, 3.8) is 0 Å². The standard InChI is InChI=1S/C20H21NO2/c22-20(23-14-15-7-3-1-4-8-15)21-12-17-11-18(19(17)13-21)16-9-5-2-6-10-16/h1-10,17-19H,11-14H2/t17-,18-,19+/m1/s1. The summed E-state index contributed by atoms with van der Waals surface area (Å²) in [5.74, 6) is 1.85. The van der Waals surface area contributed by atoms with E-state index >= 15 is 0 Å². The van der Waals surface area contributed by atoms with Crippen molar-refractivity contribution in [2.24, 2.45) is 11.8 Å². The summed E-state index contributed by atoms with van der Waals surface area (Å²) in [7, 11) is 0. The van der Waals surface area contributed by atoms with E-state index in [1.807, 2.05) is 35.2 Å². The van der Waals surface area contributed by atoms with Crippen LogP contribution >= 0.6 is 0 Å². The third kappa shape index (κ3) is 2.83. The molecule has 1 saturated carbocycles. The molecule has 0 N–H and O–H groups in total. The van der Waals surface area contributed by atoms with Crippen LogP contribution in [-0.4, -0.2) is 24.1 Å². The van der Waals surface area contributed by atoms with Gasteiger partial charge >= 0.3 is 6.09 Å². The quantitative estimate of drug-likeness (QED) is 0.856. The largest absolute Gasteiger partial charge is 0.445 e. The van der Waals surface area contributed by atoms with Crippen molar-refractivity contribution in [2.45, 2.75) is 18.9 Å². The molecule has 4 rings (SSSR count). The molecular formula is C20H21NO2. The number of amides is 1. The number of hydrogen-bond donors (Lipinski definition) is 0. The molecule has 0 aromatic heterocycles. The second-order valence-electron chi connectivity index (χ2n) is 6.62. The first-order valence-corrected chi connectivity index (χ1v) is 8.32. The maximum atomic E-state index is 12.3. The van der Waals surface area contributed by atoms with Gasteiger partial charge in [0.1, 0.15) is 6.61 Å². The molecule has 2 fully saturated rings. The fourth-order valence-corrected chi connectivity index (χ4v) is 3.95. The average molecular weight is 307 g/mol. The van der Waals surface area contributed by atoms with Gasteiger partial charge < -0.3 is 9.64 Å². The van der Waals surface area contributed by atoms with Gasteiger partial charge in [0.25, 0.3) is 0 Å². The zero-order chi connectivity index (χ0) is 15.6. The number of ether oxygens (including phenoxy) is 1. The maximum absolute atomic E-state index is 12.3. The smallest absolute Gasteiger partial charge is 0.410 e. The molecule has 1 aliphatic carbocycles. The van der Waals surface area contributed by atoms with Crippen molar-refractivity contribution in [1.29, 1.82) is 0 Å². The number of fused-ring (bicyclic) bond motifs is 1. The van der Waals surface area contributed by atoms with E-state index in [1.165, 1.54) is 12.0 Å². The lowest BCUT2D eigenvalue weighted by Crippen LogP contribution is -2.33. The Balaban J connectivity index is 1.33. The molecule has 0 spiro atoms. The van der Waals surface area contributed by atoms with E-state index in [9.17, 15) is 4.79 Å². The van der Waals surface area contributed by atoms with Gasteiger partial charge in [0.05, 0.1) is 0 Å². The van der Waals surface area contributed by atoms with Crippen molar-refractivity contribution in [1.82, 2.24) is 4.90 Å². The topological polar surface area (TPSA) is 29.5 Å². The molecule has 23 heavy (non-hydrogen) atoms. The molecule has 1 aliphatic heterocycles. The highest BCUT2D eigenvalue weighted by molar-refractivity contribution is 5.68. The summed E-state index contributed by atoms with van der Waals surface area (Å²) < 4.78 is 5.46. The van der Waals surface area contributed by atoms with Gasteiger partial charge in [-0.1, -0.05) is 60.7 Å². The molecule has 0 radical (unpaired) electrons. The van der Waals surface area contributed by atoms with Crippen molar-refractivity contribution in [3.05, 3.63) is 71.8 Å². The SMILES string of the molecule is O=C(OCc1ccccc1)N1C[C@H]2C[C@H](c3ccccc3)[C@H]2C1. The van der Waals surface area contributed by atoms with E-state index in [1.54, 1.807) is 0 Å². The van der Waals surface area contributed by atoms with Crippen molar-refractivity contribution in [3.8, 4) is 0 Å². The summed E-state index contributed by atoms with van der Waals surface area (Å²) in [6.45, 7) is 2.03. The summed E-state index contributed by atoms with van der Waals surface area (Å²) in [6.07, 6.45) is 1.02. The van der Waals surface area contributed by atoms with Gasteiger partial charge in [-0.2, -0.15) is 0 Å². The summed E-state index contributed by atoms with van der Waals surface area (Å²) in [5, 5.41) is 0. The van der Waals surface area contributed by atoms with Crippen LogP contribution in [0, 0.1) is 11.8 Å². The molecule has 2 aromatic rings. The number of rotatable bonds is 3. The van der Waals surface area contributed by atoms with Gasteiger partial charge in [0.15, 0.2) is 0 Å². The molecule has 3 heteroatoms. The van der Waals surface area contributed by atoms with Gasteiger partial charge in [-0.15, -0.1) is 0 Å². The summed E-state index contributed by atoms with van der Waals surface area (Å²) in [5.41, 5.74) is 2.44. The fraction of sp³-hybridized carbons (Fsp3) is 0.350. The van der Waals surface area contributed by atoms with E-state index in [4.69, 9.17) is 4.74 Å². The van der Waals surface area contributed by atoms with E-state index in [0.717, 1.165) is 18.7 Å². The molecule has 2 aliphatic rings. The van der Waals surface area contributed by atoms with Crippen molar-refractivity contribution >= 4 is 6.09 Å². The molecule has 1 amide bonds. The number of likely N-dealkylation sites (tertiary alicyclic amines) is 1. The number of nitrogens with zero attached hydrogens (tertiary/aromatic N) is 1. The summed E-state index contributed by atoms with van der Waals surface area (Å²) in [6, 6.07) is 20.5. The fourth-order valence-electron chi connectivity index (χ4n) is 3.95. The van der Waals surface area contributed by atoms with Crippen LogP contribution in [0.5, 0.6) is 0 Å². The Labute approximate surface area is 136 Å². The Morgan fingerprint density at radius 1 is 1.00 bits per heavy atom. The highest BCUT2D eigenvalue weighted by Gasteiger charge is 2.48. The molecule has 2 aromatic carbocycles. The van der Waals surface area contributed by atoms with E-state index in [2.05, 4.69) is 30.3 Å². The Kier molecular flexibility index (Phi) is 3.78. The lowest BCUT2D eigenvalue weighted by molar-refractivity contribution is 0.103. The molecule has 1 saturated heterocycles. The third-order valence-corrected chi connectivity index (χ3v) is 5.26. The lowest BCUT2D eigenvalue weighted by atomic mass is 9.64. The lowest BCUT2D eigenvalue weighted by Gasteiger charge is -2.39. The first-order valence-electron chi connectivity index (χ1n) is 8.32. The number of benzene rings is 2. The number of carbonyl (C=O) groups is 1. The Morgan fingerprint density at radius 3 is 2.43 bits per heavy atom. The van der Waals surface area contributed by atoms with Crippen LogP contribution in [0.15, 0.2) is 60.7 Å². The van der Waals surface area contributed by atoms with Crippen LogP contribution < -0.4 is 0 Å². The van der Waals surface area contributed by atoms with Crippen LogP contribution in [-0.2, 0) is 11.3 Å². The predicted octanol–water partition coefficient (Wildman–Crippen LogP) is 4.06. The monoisotopic (exact) mass is 307 g/mol. The van der Waals surface area contributed by atoms with Crippen molar-refractivity contribution in [2.75, 3.05) is 13.1 Å². The van der Waals surface area contributed by atoms with Crippen LogP contribution in [0.2, 0.25) is 0 Å². The first-order chi connectivity index (χ1) is 11.3. The first kappa shape index (κ1) is 14.3. The van der Waals surface area contributed by atoms with Crippen LogP contribution in [0.3, 0.4) is 0 Å². The third-order valence-electron chi connectivity index (χ3n) is 5.26. The highest BCUT2D eigenvalue weighted by atomic mass is 16.6. The molecule has 3 atom stereocenters. The minimum absolute atomic E-state index is 0.171. The van der Waals surface area contributed by atoms with Gasteiger partial charge in [-0.25, -0.2) is 4.79 Å². The average Bonchev–Trinajstić information content (AvgIpc) is 2.92. The molecule has 0 unspecified atom stereocenters.